The van der Waals surface area contributed by atoms with Crippen molar-refractivity contribution in [2.24, 2.45) is 0 Å². The highest BCUT2D eigenvalue weighted by molar-refractivity contribution is 5.88. The minimum atomic E-state index is -1.69. The highest BCUT2D eigenvalue weighted by Gasteiger charge is 2.45. The van der Waals surface area contributed by atoms with Crippen LogP contribution < -0.4 is 10.2 Å². The van der Waals surface area contributed by atoms with Gasteiger partial charge in [0.25, 0.3) is 0 Å². The minimum Gasteiger partial charge on any atom is -0.508 e. The normalized spacial score (nSPS) is 25.3. The van der Waals surface area contributed by atoms with E-state index in [2.05, 4.69) is 0 Å². The van der Waals surface area contributed by atoms with Gasteiger partial charge in [-0.05, 0) is 30.7 Å². The number of rotatable bonds is 5. The Balaban J connectivity index is 1.86. The Bertz CT molecular complexity index is 1200. The number of ether oxygens (including phenoxy) is 2. The fourth-order valence-corrected chi connectivity index (χ4v) is 3.83. The third-order valence-electron chi connectivity index (χ3n) is 5.52. The summed E-state index contributed by atoms with van der Waals surface area (Å²) in [5.74, 6) is -1.48. The Hall–Kier alpha value is -3.31. The van der Waals surface area contributed by atoms with Crippen LogP contribution in [0.25, 0.3) is 22.3 Å². The van der Waals surface area contributed by atoms with Crippen molar-refractivity contribution in [3.05, 3.63) is 46.6 Å². The summed E-state index contributed by atoms with van der Waals surface area (Å²) in [6.07, 6.45) is -6.03. The molecule has 1 saturated heterocycles. The van der Waals surface area contributed by atoms with Gasteiger partial charge in [0.05, 0.1) is 6.10 Å². The van der Waals surface area contributed by atoms with E-state index in [1.807, 2.05) is 6.92 Å². The lowest BCUT2D eigenvalue weighted by atomic mass is 9.96. The average molecular weight is 460 g/mol. The Morgan fingerprint density at radius 2 is 1.64 bits per heavy atom. The summed E-state index contributed by atoms with van der Waals surface area (Å²) in [6, 6.07) is 7.72. The molecule has 5 atom stereocenters. The van der Waals surface area contributed by atoms with Gasteiger partial charge in [0, 0.05) is 17.7 Å². The van der Waals surface area contributed by atoms with Gasteiger partial charge in [-0.15, -0.1) is 0 Å². The summed E-state index contributed by atoms with van der Waals surface area (Å²) >= 11 is 0. The topological polar surface area (TPSA) is 170 Å². The number of benzene rings is 2. The van der Waals surface area contributed by atoms with E-state index in [0.717, 1.165) is 12.1 Å². The molecule has 0 bridgehead atoms. The standard InChI is InChI=1S/C23H24O10/c1-2-3-14-17(27)19(29)20(30)23(32-14)33-22-18(28)16-13(26)8-12(25)9-15(16)31-21(22)10-4-6-11(24)7-5-10/h4-9,14,17,19-20,23-27,29-30H,2-3H2,1H3/t14-,17-,19+,20+,23-/m0/s1. The van der Waals surface area contributed by atoms with Gasteiger partial charge >= 0.3 is 0 Å². The van der Waals surface area contributed by atoms with E-state index in [0.29, 0.717) is 18.4 Å². The molecule has 2 aromatic carbocycles. The molecule has 1 aromatic heterocycles. The van der Waals surface area contributed by atoms with E-state index in [1.165, 1.54) is 24.3 Å². The van der Waals surface area contributed by atoms with Gasteiger partial charge in [0.15, 0.2) is 5.76 Å². The average Bonchev–Trinajstić information content (AvgIpc) is 2.77. The number of aliphatic hydroxyl groups excluding tert-OH is 3. The summed E-state index contributed by atoms with van der Waals surface area (Å²) in [4.78, 5) is 13.3. The molecule has 3 aromatic rings. The minimum absolute atomic E-state index is 0.0369. The van der Waals surface area contributed by atoms with Crippen molar-refractivity contribution in [1.29, 1.82) is 0 Å². The summed E-state index contributed by atoms with van der Waals surface area (Å²) in [6.45, 7) is 1.85. The molecule has 10 nitrogen and oxygen atoms in total. The van der Waals surface area contributed by atoms with Crippen LogP contribution in [0.2, 0.25) is 0 Å². The number of aromatic hydroxyl groups is 3. The van der Waals surface area contributed by atoms with Crippen molar-refractivity contribution in [3.8, 4) is 34.3 Å². The molecule has 1 fully saturated rings. The molecule has 0 saturated carbocycles. The first-order chi connectivity index (χ1) is 15.7. The third-order valence-corrected chi connectivity index (χ3v) is 5.52. The second-order valence-electron chi connectivity index (χ2n) is 7.90. The lowest BCUT2D eigenvalue weighted by Gasteiger charge is -2.40. The molecule has 4 rings (SSSR count). The monoisotopic (exact) mass is 460 g/mol. The fourth-order valence-electron chi connectivity index (χ4n) is 3.83. The summed E-state index contributed by atoms with van der Waals surface area (Å²) < 4.78 is 17.1. The maximum absolute atomic E-state index is 13.3. The molecular weight excluding hydrogens is 436 g/mol. The molecule has 6 N–H and O–H groups in total. The summed E-state index contributed by atoms with van der Waals surface area (Å²) in [5, 5.41) is 60.3. The highest BCUT2D eigenvalue weighted by Crippen LogP contribution is 2.37. The third kappa shape index (κ3) is 4.21. The van der Waals surface area contributed by atoms with Gasteiger partial charge in [-0.2, -0.15) is 0 Å². The summed E-state index contributed by atoms with van der Waals surface area (Å²) in [7, 11) is 0. The Kier molecular flexibility index (Phi) is 6.17. The van der Waals surface area contributed by atoms with Crippen molar-refractivity contribution in [1.82, 2.24) is 0 Å². The maximum atomic E-state index is 13.3. The zero-order valence-electron chi connectivity index (χ0n) is 17.6. The van der Waals surface area contributed by atoms with E-state index < -0.39 is 47.6 Å². The van der Waals surface area contributed by atoms with Crippen LogP contribution in [-0.4, -0.2) is 61.3 Å². The van der Waals surface area contributed by atoms with Crippen molar-refractivity contribution >= 4 is 11.0 Å². The van der Waals surface area contributed by atoms with Crippen LogP contribution in [0.4, 0.5) is 0 Å². The first kappa shape index (κ1) is 22.9. The van der Waals surface area contributed by atoms with Gasteiger partial charge < -0.3 is 44.5 Å². The molecule has 1 aliphatic rings. The lowest BCUT2D eigenvalue weighted by molar-refractivity contribution is -0.273. The predicted molar refractivity (Wildman–Crippen MR) is 115 cm³/mol. The molecule has 10 heteroatoms. The maximum Gasteiger partial charge on any atom is 0.239 e. The van der Waals surface area contributed by atoms with Crippen LogP contribution >= 0.6 is 0 Å². The van der Waals surface area contributed by atoms with Crippen molar-refractivity contribution in [2.75, 3.05) is 0 Å². The SMILES string of the molecule is CCC[C@@H]1O[C@@H](Oc2c(-c3ccc(O)cc3)oc3cc(O)cc(O)c3c2=O)[C@H](O)[C@H](O)[C@H]1O. The first-order valence-electron chi connectivity index (χ1n) is 10.4. The van der Waals surface area contributed by atoms with Crippen LogP contribution in [0.1, 0.15) is 19.8 Å². The van der Waals surface area contributed by atoms with E-state index >= 15 is 0 Å². The van der Waals surface area contributed by atoms with Crippen molar-refractivity contribution in [3.63, 3.8) is 0 Å². The number of fused-ring (bicyclic) bond motifs is 1. The second-order valence-corrected chi connectivity index (χ2v) is 7.90. The number of phenols is 3. The molecule has 0 amide bonds. The zero-order valence-corrected chi connectivity index (χ0v) is 17.6. The quantitative estimate of drug-likeness (QED) is 0.328. The van der Waals surface area contributed by atoms with Crippen LogP contribution in [0.15, 0.2) is 45.6 Å². The lowest BCUT2D eigenvalue weighted by Crippen LogP contribution is -2.59. The van der Waals surface area contributed by atoms with Crippen LogP contribution in [0, 0.1) is 0 Å². The number of aliphatic hydroxyl groups is 3. The van der Waals surface area contributed by atoms with Crippen molar-refractivity contribution in [2.45, 2.75) is 50.5 Å². The molecule has 2 heterocycles. The van der Waals surface area contributed by atoms with Crippen LogP contribution in [0.5, 0.6) is 23.0 Å². The van der Waals surface area contributed by atoms with E-state index in [9.17, 15) is 35.4 Å². The molecule has 1 aliphatic heterocycles. The van der Waals surface area contributed by atoms with Crippen LogP contribution in [-0.2, 0) is 4.74 Å². The Morgan fingerprint density at radius 3 is 2.30 bits per heavy atom. The number of hydrogen-bond acceptors (Lipinski definition) is 10. The summed E-state index contributed by atoms with van der Waals surface area (Å²) in [5.41, 5.74) is -0.641. The molecule has 176 valence electrons. The van der Waals surface area contributed by atoms with Crippen LogP contribution in [0.3, 0.4) is 0 Å². The van der Waals surface area contributed by atoms with Gasteiger partial charge in [0.2, 0.25) is 17.5 Å². The molecule has 0 unspecified atom stereocenters. The first-order valence-corrected chi connectivity index (χ1v) is 10.4. The molecule has 0 aliphatic carbocycles. The largest absolute Gasteiger partial charge is 0.508 e. The predicted octanol–water partition coefficient (Wildman–Crippen LogP) is 1.56. The number of phenolic OH excluding ortho intramolecular Hbond substituents is 3. The van der Waals surface area contributed by atoms with Gasteiger partial charge in [0.1, 0.15) is 46.5 Å². The smallest absolute Gasteiger partial charge is 0.239 e. The second kappa shape index (κ2) is 8.91. The molecule has 33 heavy (non-hydrogen) atoms. The Morgan fingerprint density at radius 1 is 0.939 bits per heavy atom. The Labute approximate surface area is 187 Å². The van der Waals surface area contributed by atoms with Crippen molar-refractivity contribution < 1.29 is 44.5 Å². The molecule has 0 spiro atoms. The van der Waals surface area contributed by atoms with E-state index in [4.69, 9.17) is 13.9 Å². The molecular formula is C23H24O10. The highest BCUT2D eigenvalue weighted by atomic mass is 16.7. The fraction of sp³-hybridized carbons (Fsp3) is 0.348. The number of hydrogen-bond donors (Lipinski definition) is 6. The van der Waals surface area contributed by atoms with Gasteiger partial charge in [-0.25, -0.2) is 0 Å². The van der Waals surface area contributed by atoms with Gasteiger partial charge in [-0.1, -0.05) is 13.3 Å². The van der Waals surface area contributed by atoms with Gasteiger partial charge in [-0.3, -0.25) is 4.79 Å². The zero-order chi connectivity index (χ0) is 23.9. The molecule has 0 radical (unpaired) electrons. The van der Waals surface area contributed by atoms with E-state index in [1.54, 1.807) is 0 Å². The van der Waals surface area contributed by atoms with E-state index in [-0.39, 0.29) is 28.2 Å².